The van der Waals surface area contributed by atoms with Gasteiger partial charge in [-0.15, -0.1) is 21.5 Å². The lowest BCUT2D eigenvalue weighted by Crippen LogP contribution is -2.40. The number of carbonyl (C=O) groups excluding carboxylic acids is 1. The van der Waals surface area contributed by atoms with Crippen LogP contribution in [0, 0.1) is 0 Å². The van der Waals surface area contributed by atoms with E-state index in [4.69, 9.17) is 0 Å². The van der Waals surface area contributed by atoms with Crippen LogP contribution in [-0.4, -0.2) is 44.1 Å². The average Bonchev–Trinajstić information content (AvgIpc) is 3.18. The molecular formula is C14H19N5OS. The Morgan fingerprint density at radius 2 is 2.24 bits per heavy atom. The van der Waals surface area contributed by atoms with E-state index in [1.807, 2.05) is 29.5 Å². The molecule has 112 valence electrons. The van der Waals surface area contributed by atoms with Crippen LogP contribution in [0.2, 0.25) is 0 Å². The zero-order valence-electron chi connectivity index (χ0n) is 12.1. The molecule has 3 rings (SSSR count). The fourth-order valence-electron chi connectivity index (χ4n) is 2.72. The maximum absolute atomic E-state index is 12.3. The molecule has 2 aromatic rings. The number of hydrogen-bond donors (Lipinski definition) is 0. The van der Waals surface area contributed by atoms with Crippen molar-refractivity contribution in [2.45, 2.75) is 44.7 Å². The Labute approximate surface area is 127 Å². The van der Waals surface area contributed by atoms with Crippen LogP contribution >= 0.6 is 11.3 Å². The predicted octanol–water partition coefficient (Wildman–Crippen LogP) is 2.19. The van der Waals surface area contributed by atoms with Crippen molar-refractivity contribution in [1.29, 1.82) is 0 Å². The highest BCUT2D eigenvalue weighted by Gasteiger charge is 2.22. The summed E-state index contributed by atoms with van der Waals surface area (Å²) in [6.07, 6.45) is 5.92. The molecule has 0 unspecified atom stereocenters. The van der Waals surface area contributed by atoms with Crippen LogP contribution in [0.15, 0.2) is 17.5 Å². The van der Waals surface area contributed by atoms with Crippen LogP contribution in [0.25, 0.3) is 10.7 Å². The first-order chi connectivity index (χ1) is 10.2. The second kappa shape index (κ2) is 6.34. The summed E-state index contributed by atoms with van der Waals surface area (Å²) < 4.78 is 0. The van der Waals surface area contributed by atoms with Gasteiger partial charge < -0.3 is 4.90 Å². The molecular weight excluding hydrogens is 286 g/mol. The lowest BCUT2D eigenvalue weighted by Gasteiger charge is -2.31. The molecule has 0 aliphatic heterocycles. The Kier molecular flexibility index (Phi) is 4.28. The van der Waals surface area contributed by atoms with Crippen LogP contribution < -0.4 is 0 Å². The van der Waals surface area contributed by atoms with E-state index in [9.17, 15) is 4.79 Å². The minimum Gasteiger partial charge on any atom is -0.341 e. The number of thiophene rings is 1. The van der Waals surface area contributed by atoms with E-state index in [-0.39, 0.29) is 12.5 Å². The second-order valence-electron chi connectivity index (χ2n) is 5.42. The Hall–Kier alpha value is -1.76. The van der Waals surface area contributed by atoms with Gasteiger partial charge >= 0.3 is 0 Å². The summed E-state index contributed by atoms with van der Waals surface area (Å²) in [7, 11) is 1.88. The van der Waals surface area contributed by atoms with E-state index in [0.29, 0.717) is 11.9 Å². The lowest BCUT2D eigenvalue weighted by molar-refractivity contribution is -0.133. The number of hydrogen-bond acceptors (Lipinski definition) is 5. The van der Waals surface area contributed by atoms with Crippen LogP contribution in [0.3, 0.4) is 0 Å². The normalized spacial score (nSPS) is 16.0. The number of carbonyl (C=O) groups is 1. The largest absolute Gasteiger partial charge is 0.341 e. The van der Waals surface area contributed by atoms with Crippen LogP contribution in [0.4, 0.5) is 0 Å². The summed E-state index contributed by atoms with van der Waals surface area (Å²) in [6, 6.07) is 4.26. The molecule has 6 nitrogen and oxygen atoms in total. The Morgan fingerprint density at radius 3 is 2.95 bits per heavy atom. The first kappa shape index (κ1) is 14.2. The molecule has 2 aromatic heterocycles. The fourth-order valence-corrected chi connectivity index (χ4v) is 3.37. The van der Waals surface area contributed by atoms with Crippen molar-refractivity contribution in [2.24, 2.45) is 0 Å². The average molecular weight is 305 g/mol. The minimum atomic E-state index is 0.0528. The number of tetrazole rings is 1. The first-order valence-corrected chi connectivity index (χ1v) is 8.19. The molecule has 0 spiro atoms. The third-order valence-corrected chi connectivity index (χ3v) is 4.85. The van der Waals surface area contributed by atoms with Crippen molar-refractivity contribution >= 4 is 17.2 Å². The summed E-state index contributed by atoms with van der Waals surface area (Å²) in [4.78, 5) is 16.5. The van der Waals surface area contributed by atoms with Crippen LogP contribution in [0.1, 0.15) is 32.1 Å². The van der Waals surface area contributed by atoms with Gasteiger partial charge in [-0.05, 0) is 29.5 Å². The van der Waals surface area contributed by atoms with Gasteiger partial charge in [-0.25, -0.2) is 0 Å². The number of amides is 1. The molecule has 0 N–H and O–H groups in total. The highest BCUT2D eigenvalue weighted by Crippen LogP contribution is 2.22. The van der Waals surface area contributed by atoms with Gasteiger partial charge in [0.25, 0.3) is 0 Å². The second-order valence-corrected chi connectivity index (χ2v) is 6.36. The summed E-state index contributed by atoms with van der Waals surface area (Å²) in [5, 5.41) is 14.2. The molecule has 0 radical (unpaired) electrons. The third-order valence-electron chi connectivity index (χ3n) is 3.99. The van der Waals surface area contributed by atoms with E-state index in [1.165, 1.54) is 24.1 Å². The number of likely N-dealkylation sites (N-methyl/N-ethyl adjacent to an activating group) is 1. The molecule has 0 bridgehead atoms. The standard InChI is InChI=1S/C14H19N5OS/c1-18(11-6-3-2-4-7-11)13(20)10-19-16-14(15-17-19)12-8-5-9-21-12/h5,8-9,11H,2-4,6-7,10H2,1H3. The van der Waals surface area contributed by atoms with Gasteiger partial charge in [-0.1, -0.05) is 25.3 Å². The molecule has 1 fully saturated rings. The molecule has 21 heavy (non-hydrogen) atoms. The van der Waals surface area contributed by atoms with Crippen molar-refractivity contribution in [3.05, 3.63) is 17.5 Å². The van der Waals surface area contributed by atoms with Crippen molar-refractivity contribution in [1.82, 2.24) is 25.1 Å². The molecule has 0 saturated heterocycles. The van der Waals surface area contributed by atoms with Crippen molar-refractivity contribution in [2.75, 3.05) is 7.05 Å². The Balaban J connectivity index is 1.62. The smallest absolute Gasteiger partial charge is 0.246 e. The lowest BCUT2D eigenvalue weighted by atomic mass is 9.94. The Bertz CT molecular complexity index is 588. The van der Waals surface area contributed by atoms with Crippen molar-refractivity contribution in [3.63, 3.8) is 0 Å². The van der Waals surface area contributed by atoms with Gasteiger partial charge in [0.15, 0.2) is 0 Å². The van der Waals surface area contributed by atoms with Crippen molar-refractivity contribution in [3.8, 4) is 10.7 Å². The predicted molar refractivity (Wildman–Crippen MR) is 80.8 cm³/mol. The van der Waals surface area contributed by atoms with E-state index in [0.717, 1.165) is 17.7 Å². The molecule has 1 aliphatic carbocycles. The van der Waals surface area contributed by atoms with Gasteiger partial charge in [-0.3, -0.25) is 4.79 Å². The zero-order valence-corrected chi connectivity index (χ0v) is 12.9. The molecule has 2 heterocycles. The quantitative estimate of drug-likeness (QED) is 0.868. The number of nitrogens with zero attached hydrogens (tertiary/aromatic N) is 5. The topological polar surface area (TPSA) is 63.9 Å². The van der Waals surface area contributed by atoms with Gasteiger partial charge in [0.2, 0.25) is 11.7 Å². The first-order valence-electron chi connectivity index (χ1n) is 7.31. The Morgan fingerprint density at radius 1 is 1.43 bits per heavy atom. The highest BCUT2D eigenvalue weighted by atomic mass is 32.1. The molecule has 1 aliphatic rings. The van der Waals surface area contributed by atoms with E-state index >= 15 is 0 Å². The van der Waals surface area contributed by atoms with Crippen molar-refractivity contribution < 1.29 is 4.79 Å². The SMILES string of the molecule is CN(C(=O)Cn1nnc(-c2cccs2)n1)C1CCCCC1. The fraction of sp³-hybridized carbons (Fsp3) is 0.571. The number of aromatic nitrogens is 4. The van der Waals surface area contributed by atoms with Crippen LogP contribution in [-0.2, 0) is 11.3 Å². The van der Waals surface area contributed by atoms with E-state index in [1.54, 1.807) is 11.3 Å². The van der Waals surface area contributed by atoms with E-state index < -0.39 is 0 Å². The highest BCUT2D eigenvalue weighted by molar-refractivity contribution is 7.13. The monoisotopic (exact) mass is 305 g/mol. The number of rotatable bonds is 4. The van der Waals surface area contributed by atoms with Gasteiger partial charge in [0.05, 0.1) is 4.88 Å². The maximum atomic E-state index is 12.3. The van der Waals surface area contributed by atoms with Gasteiger partial charge in [0, 0.05) is 13.1 Å². The van der Waals surface area contributed by atoms with E-state index in [2.05, 4.69) is 15.4 Å². The molecule has 1 amide bonds. The zero-order chi connectivity index (χ0) is 14.7. The van der Waals surface area contributed by atoms with Gasteiger partial charge in [-0.2, -0.15) is 4.80 Å². The summed E-state index contributed by atoms with van der Waals surface area (Å²) >= 11 is 1.56. The molecule has 0 aromatic carbocycles. The molecule has 0 atom stereocenters. The summed E-state index contributed by atoms with van der Waals surface area (Å²) in [5.41, 5.74) is 0. The molecule has 7 heteroatoms. The summed E-state index contributed by atoms with van der Waals surface area (Å²) in [6.45, 7) is 0.158. The minimum absolute atomic E-state index is 0.0528. The van der Waals surface area contributed by atoms with Crippen LogP contribution in [0.5, 0.6) is 0 Å². The maximum Gasteiger partial charge on any atom is 0.246 e. The summed E-state index contributed by atoms with van der Waals surface area (Å²) in [5.74, 6) is 0.634. The van der Waals surface area contributed by atoms with Gasteiger partial charge in [0.1, 0.15) is 6.54 Å². The molecule has 1 saturated carbocycles. The third kappa shape index (κ3) is 3.29.